The molecule has 0 saturated heterocycles. The topological polar surface area (TPSA) is 97.6 Å². The molecular weight excluding hydrogens is 390 g/mol. The van der Waals surface area contributed by atoms with Gasteiger partial charge in [-0.25, -0.2) is 13.6 Å². The Balaban J connectivity index is 1.62. The Kier molecular flexibility index (Phi) is 4.13. The van der Waals surface area contributed by atoms with Crippen LogP contribution < -0.4 is 14.6 Å². The quantitative estimate of drug-likeness (QED) is 0.688. The van der Waals surface area contributed by atoms with Gasteiger partial charge in [0.2, 0.25) is 10.0 Å². The second-order valence-corrected chi connectivity index (χ2v) is 9.21. The van der Waals surface area contributed by atoms with Crippen LogP contribution in [0.15, 0.2) is 35.2 Å². The number of hydrogen-bond acceptors (Lipinski definition) is 5. The van der Waals surface area contributed by atoms with E-state index in [0.717, 1.165) is 48.3 Å². The van der Waals surface area contributed by atoms with Crippen LogP contribution in [0.2, 0.25) is 0 Å². The smallest absolute Gasteiger partial charge is 0.241 e. The Bertz CT molecular complexity index is 1230. The Morgan fingerprint density at radius 1 is 1.17 bits per heavy atom. The molecule has 29 heavy (non-hydrogen) atoms. The Morgan fingerprint density at radius 2 is 2.00 bits per heavy atom. The fourth-order valence-corrected chi connectivity index (χ4v) is 5.47. The molecule has 0 spiro atoms. The maximum atomic E-state index is 12.0. The highest BCUT2D eigenvalue weighted by Crippen LogP contribution is 2.43. The number of hydrogen-bond donors (Lipinski definition) is 2. The highest BCUT2D eigenvalue weighted by Gasteiger charge is 2.35. The molecule has 3 aromatic rings. The molecule has 0 aliphatic carbocycles. The number of primary sulfonamides is 1. The van der Waals surface area contributed by atoms with Crippen molar-refractivity contribution in [3.05, 3.63) is 52.7 Å². The van der Waals surface area contributed by atoms with Crippen molar-refractivity contribution in [2.75, 3.05) is 20.8 Å². The van der Waals surface area contributed by atoms with Gasteiger partial charge in [-0.3, -0.25) is 4.90 Å². The SMILES string of the molecule is COc1ccc2[nH]c3c(c2c1)C[C@H]1c2cc(OC)c(S(N)(=O)=O)cc2CCN1C3. The van der Waals surface area contributed by atoms with Crippen LogP contribution in [0.1, 0.15) is 28.4 Å². The molecule has 2 aliphatic heterocycles. The fourth-order valence-electron chi connectivity index (χ4n) is 4.75. The molecule has 0 bridgehead atoms. The molecule has 3 N–H and O–H groups in total. The van der Waals surface area contributed by atoms with Crippen LogP contribution in [0.3, 0.4) is 0 Å². The fraction of sp³-hybridized carbons (Fsp3) is 0.333. The van der Waals surface area contributed by atoms with E-state index in [2.05, 4.69) is 22.0 Å². The predicted molar refractivity (Wildman–Crippen MR) is 110 cm³/mol. The Hall–Kier alpha value is -2.55. The monoisotopic (exact) mass is 413 g/mol. The summed E-state index contributed by atoms with van der Waals surface area (Å²) < 4.78 is 34.8. The minimum atomic E-state index is -3.84. The van der Waals surface area contributed by atoms with E-state index >= 15 is 0 Å². The molecule has 5 rings (SSSR count). The predicted octanol–water partition coefficient (Wildman–Crippen LogP) is 2.49. The Morgan fingerprint density at radius 3 is 2.72 bits per heavy atom. The number of rotatable bonds is 3. The molecule has 0 fully saturated rings. The first-order chi connectivity index (χ1) is 13.9. The van der Waals surface area contributed by atoms with Gasteiger partial charge in [0.05, 0.1) is 14.2 Å². The maximum absolute atomic E-state index is 12.0. The lowest BCUT2D eigenvalue weighted by atomic mass is 9.85. The van der Waals surface area contributed by atoms with Crippen LogP contribution in [0.25, 0.3) is 10.9 Å². The number of nitrogens with two attached hydrogens (primary N) is 1. The maximum Gasteiger partial charge on any atom is 0.241 e. The number of nitrogens with zero attached hydrogens (tertiary/aromatic N) is 1. The molecular formula is C21H23N3O4S. The van der Waals surface area contributed by atoms with Gasteiger partial charge in [0.15, 0.2) is 0 Å². The van der Waals surface area contributed by atoms with Crippen LogP contribution in [-0.2, 0) is 29.4 Å². The standard InChI is InChI=1S/C21H23N3O4S/c1-27-13-3-4-17-15(8-13)16-9-19-14-10-20(28-2)21(29(22,25)26)7-12(14)5-6-24(19)11-18(16)23-17/h3-4,7-8,10,19,23H,5-6,9,11H2,1-2H3,(H2,22,25,26)/t19-/m0/s1. The van der Waals surface area contributed by atoms with E-state index in [1.165, 1.54) is 23.8 Å². The lowest BCUT2D eigenvalue weighted by Gasteiger charge is -2.40. The lowest BCUT2D eigenvalue weighted by Crippen LogP contribution is -2.39. The molecule has 1 aromatic heterocycles. The van der Waals surface area contributed by atoms with E-state index in [-0.39, 0.29) is 10.9 Å². The molecule has 0 saturated carbocycles. The number of methoxy groups -OCH3 is 2. The second kappa shape index (κ2) is 6.48. The van der Waals surface area contributed by atoms with Crippen molar-refractivity contribution < 1.29 is 17.9 Å². The van der Waals surface area contributed by atoms with Crippen LogP contribution >= 0.6 is 0 Å². The molecule has 2 aliphatic rings. The van der Waals surface area contributed by atoms with E-state index in [4.69, 9.17) is 14.6 Å². The molecule has 2 aromatic carbocycles. The first kappa shape index (κ1) is 18.5. The van der Waals surface area contributed by atoms with E-state index in [1.807, 2.05) is 12.1 Å². The third kappa shape index (κ3) is 2.90. The number of sulfonamides is 1. The summed E-state index contributed by atoms with van der Waals surface area (Å²) in [6, 6.07) is 9.81. The third-order valence-corrected chi connectivity index (χ3v) is 7.09. The highest BCUT2D eigenvalue weighted by atomic mass is 32.2. The normalized spacial score (nSPS) is 18.8. The number of nitrogens with one attached hydrogen (secondary N) is 1. The van der Waals surface area contributed by atoms with Crippen molar-refractivity contribution in [1.82, 2.24) is 9.88 Å². The molecule has 3 heterocycles. The average molecular weight is 413 g/mol. The van der Waals surface area contributed by atoms with Crippen molar-refractivity contribution in [3.8, 4) is 11.5 Å². The largest absolute Gasteiger partial charge is 0.497 e. The Labute approximate surface area is 169 Å². The first-order valence-corrected chi connectivity index (χ1v) is 11.1. The first-order valence-electron chi connectivity index (χ1n) is 9.54. The van der Waals surface area contributed by atoms with Gasteiger partial charge in [0.25, 0.3) is 0 Å². The van der Waals surface area contributed by atoms with E-state index in [9.17, 15) is 8.42 Å². The molecule has 0 unspecified atom stereocenters. The number of fused-ring (bicyclic) bond motifs is 6. The van der Waals surface area contributed by atoms with Gasteiger partial charge in [-0.2, -0.15) is 0 Å². The summed E-state index contributed by atoms with van der Waals surface area (Å²) in [4.78, 5) is 6.05. The van der Waals surface area contributed by atoms with Crippen molar-refractivity contribution in [2.24, 2.45) is 5.14 Å². The van der Waals surface area contributed by atoms with Gasteiger partial charge in [0, 0.05) is 35.7 Å². The van der Waals surface area contributed by atoms with Crippen molar-refractivity contribution in [2.45, 2.75) is 30.3 Å². The minimum Gasteiger partial charge on any atom is -0.497 e. The lowest BCUT2D eigenvalue weighted by molar-refractivity contribution is 0.159. The van der Waals surface area contributed by atoms with Gasteiger partial charge in [-0.05, 0) is 59.9 Å². The summed E-state index contributed by atoms with van der Waals surface area (Å²) in [7, 11) is -0.693. The van der Waals surface area contributed by atoms with Crippen LogP contribution in [-0.4, -0.2) is 39.1 Å². The van der Waals surface area contributed by atoms with Gasteiger partial charge in [0.1, 0.15) is 16.4 Å². The number of ether oxygens (including phenoxy) is 2. The zero-order chi connectivity index (χ0) is 20.3. The zero-order valence-electron chi connectivity index (χ0n) is 16.4. The number of aromatic amines is 1. The van der Waals surface area contributed by atoms with Crippen molar-refractivity contribution >= 4 is 20.9 Å². The molecule has 7 nitrogen and oxygen atoms in total. The van der Waals surface area contributed by atoms with Gasteiger partial charge in [-0.15, -0.1) is 0 Å². The van der Waals surface area contributed by atoms with E-state index in [1.54, 1.807) is 13.2 Å². The summed E-state index contributed by atoms with van der Waals surface area (Å²) in [5.41, 5.74) is 5.78. The summed E-state index contributed by atoms with van der Waals surface area (Å²) in [5, 5.41) is 6.58. The molecule has 0 amide bonds. The van der Waals surface area contributed by atoms with Crippen LogP contribution in [0.5, 0.6) is 11.5 Å². The summed E-state index contributed by atoms with van der Waals surface area (Å²) >= 11 is 0. The zero-order valence-corrected chi connectivity index (χ0v) is 17.2. The number of benzene rings is 2. The van der Waals surface area contributed by atoms with Gasteiger partial charge < -0.3 is 14.5 Å². The molecule has 0 radical (unpaired) electrons. The molecule has 1 atom stereocenters. The number of aromatic nitrogens is 1. The van der Waals surface area contributed by atoms with Crippen molar-refractivity contribution in [1.29, 1.82) is 0 Å². The van der Waals surface area contributed by atoms with Gasteiger partial charge in [-0.1, -0.05) is 0 Å². The number of H-pyrrole nitrogens is 1. The van der Waals surface area contributed by atoms with Crippen LogP contribution in [0, 0.1) is 0 Å². The van der Waals surface area contributed by atoms with Crippen LogP contribution in [0.4, 0.5) is 0 Å². The molecule has 8 heteroatoms. The summed E-state index contributed by atoms with van der Waals surface area (Å²) in [6.07, 6.45) is 1.62. The van der Waals surface area contributed by atoms with Crippen molar-refractivity contribution in [3.63, 3.8) is 0 Å². The molecule has 152 valence electrons. The second-order valence-electron chi connectivity index (χ2n) is 7.68. The summed E-state index contributed by atoms with van der Waals surface area (Å²) in [6.45, 7) is 1.70. The summed E-state index contributed by atoms with van der Waals surface area (Å²) in [5.74, 6) is 1.14. The van der Waals surface area contributed by atoms with Gasteiger partial charge >= 0.3 is 0 Å². The third-order valence-electron chi connectivity index (χ3n) is 6.16. The highest BCUT2D eigenvalue weighted by molar-refractivity contribution is 7.89. The average Bonchev–Trinajstić information content (AvgIpc) is 3.07. The minimum absolute atomic E-state index is 0.0560. The van der Waals surface area contributed by atoms with E-state index in [0.29, 0.717) is 5.75 Å². The van der Waals surface area contributed by atoms with E-state index < -0.39 is 10.0 Å².